The second-order valence-electron chi connectivity index (χ2n) is 4.19. The van der Waals surface area contributed by atoms with Crippen molar-refractivity contribution >= 4 is 11.9 Å². The smallest absolute Gasteiger partial charge is 0.303 e. The molecule has 1 aliphatic carbocycles. The van der Waals surface area contributed by atoms with Crippen LogP contribution in [0.4, 0.5) is 0 Å². The molecule has 1 amide bonds. The third kappa shape index (κ3) is 4.59. The van der Waals surface area contributed by atoms with Crippen molar-refractivity contribution in [1.82, 2.24) is 5.32 Å². The number of amides is 1. The Morgan fingerprint density at radius 1 is 1.44 bits per heavy atom. The molecule has 0 aliphatic heterocycles. The van der Waals surface area contributed by atoms with E-state index >= 15 is 0 Å². The predicted octanol–water partition coefficient (Wildman–Crippen LogP) is -0.934. The third-order valence-electron chi connectivity index (χ3n) is 2.66. The second-order valence-corrected chi connectivity index (χ2v) is 4.19. The lowest BCUT2D eigenvalue weighted by molar-refractivity contribution is -0.137. The molecule has 6 nitrogen and oxygen atoms in total. The van der Waals surface area contributed by atoms with Gasteiger partial charge in [-0.05, 0) is 25.2 Å². The average molecular weight is 230 g/mol. The van der Waals surface area contributed by atoms with Crippen LogP contribution in [-0.4, -0.2) is 40.8 Å². The summed E-state index contributed by atoms with van der Waals surface area (Å²) in [4.78, 5) is 21.6. The van der Waals surface area contributed by atoms with E-state index in [1.165, 1.54) is 0 Å². The Balaban J connectivity index is 2.14. The normalized spacial score (nSPS) is 18.9. The average Bonchev–Trinajstić information content (AvgIpc) is 3.05. The summed E-state index contributed by atoms with van der Waals surface area (Å²) in [7, 11) is 0. The number of carboxylic acids is 1. The number of carbonyl (C=O) groups is 2. The molecule has 16 heavy (non-hydrogen) atoms. The monoisotopic (exact) mass is 230 g/mol. The van der Waals surface area contributed by atoms with Gasteiger partial charge in [0.25, 0.3) is 0 Å². The van der Waals surface area contributed by atoms with Crippen LogP contribution in [0.25, 0.3) is 0 Å². The molecule has 1 saturated carbocycles. The predicted molar refractivity (Wildman–Crippen MR) is 56.6 cm³/mol. The first-order valence-corrected chi connectivity index (χ1v) is 5.44. The molecule has 0 heterocycles. The molecule has 0 radical (unpaired) electrons. The molecule has 0 aromatic rings. The van der Waals surface area contributed by atoms with E-state index in [-0.39, 0.29) is 19.4 Å². The largest absolute Gasteiger partial charge is 0.481 e. The van der Waals surface area contributed by atoms with Gasteiger partial charge in [0.1, 0.15) is 0 Å². The van der Waals surface area contributed by atoms with Crippen LogP contribution < -0.4 is 11.1 Å². The zero-order valence-electron chi connectivity index (χ0n) is 9.06. The Morgan fingerprint density at radius 3 is 2.56 bits per heavy atom. The number of rotatable bonds is 7. The van der Waals surface area contributed by atoms with E-state index in [4.69, 9.17) is 10.8 Å². The number of nitrogens with one attached hydrogen (secondary N) is 1. The minimum Gasteiger partial charge on any atom is -0.481 e. The highest BCUT2D eigenvalue weighted by Crippen LogP contribution is 2.32. The highest BCUT2D eigenvalue weighted by Gasteiger charge is 2.30. The Morgan fingerprint density at radius 2 is 2.06 bits per heavy atom. The Labute approximate surface area is 93.8 Å². The van der Waals surface area contributed by atoms with Crippen LogP contribution in [0, 0.1) is 5.92 Å². The summed E-state index contributed by atoms with van der Waals surface area (Å²) in [6, 6.07) is -0.817. The Kier molecular flexibility index (Phi) is 4.70. The van der Waals surface area contributed by atoms with Gasteiger partial charge in [-0.15, -0.1) is 0 Å². The van der Waals surface area contributed by atoms with Gasteiger partial charge in [-0.1, -0.05) is 0 Å². The number of nitrogens with two attached hydrogens (primary N) is 1. The minimum absolute atomic E-state index is 0.112. The maximum atomic E-state index is 11.4. The first-order valence-electron chi connectivity index (χ1n) is 5.44. The maximum Gasteiger partial charge on any atom is 0.303 e. The fourth-order valence-electron chi connectivity index (χ4n) is 1.39. The summed E-state index contributed by atoms with van der Waals surface area (Å²) in [6.07, 6.45) is 1.49. The van der Waals surface area contributed by atoms with Crippen LogP contribution in [0.2, 0.25) is 0 Å². The zero-order chi connectivity index (χ0) is 12.1. The van der Waals surface area contributed by atoms with Gasteiger partial charge in [-0.3, -0.25) is 9.59 Å². The molecule has 2 unspecified atom stereocenters. The molecule has 0 bridgehead atoms. The molecule has 0 aromatic carbocycles. The highest BCUT2D eigenvalue weighted by atomic mass is 16.4. The van der Waals surface area contributed by atoms with Crippen LogP contribution in [0.15, 0.2) is 0 Å². The molecule has 0 saturated heterocycles. The summed E-state index contributed by atoms with van der Waals surface area (Å²) < 4.78 is 0. The zero-order valence-corrected chi connectivity index (χ0v) is 9.06. The van der Waals surface area contributed by atoms with Gasteiger partial charge in [-0.2, -0.15) is 0 Å². The van der Waals surface area contributed by atoms with E-state index in [9.17, 15) is 14.7 Å². The molecule has 5 N–H and O–H groups in total. The summed E-state index contributed by atoms with van der Waals surface area (Å²) in [5.74, 6) is -1.07. The van der Waals surface area contributed by atoms with Crippen molar-refractivity contribution in [3.63, 3.8) is 0 Å². The fourth-order valence-corrected chi connectivity index (χ4v) is 1.39. The molecule has 0 spiro atoms. The number of aliphatic carboxylic acids is 1. The van der Waals surface area contributed by atoms with Gasteiger partial charge in [0.15, 0.2) is 0 Å². The summed E-state index contributed by atoms with van der Waals surface area (Å²) >= 11 is 0. The van der Waals surface area contributed by atoms with E-state index in [2.05, 4.69) is 5.32 Å². The van der Waals surface area contributed by atoms with Crippen molar-refractivity contribution in [2.45, 2.75) is 37.8 Å². The van der Waals surface area contributed by atoms with Crippen LogP contribution in [0.1, 0.15) is 25.7 Å². The van der Waals surface area contributed by atoms with Gasteiger partial charge in [-0.25, -0.2) is 0 Å². The summed E-state index contributed by atoms with van der Waals surface area (Å²) in [5.41, 5.74) is 5.49. The molecule has 92 valence electrons. The number of hydrogen-bond acceptors (Lipinski definition) is 4. The first kappa shape index (κ1) is 12.9. The summed E-state index contributed by atoms with van der Waals surface area (Å²) in [6.45, 7) is 0.199. The van der Waals surface area contributed by atoms with Crippen molar-refractivity contribution in [3.05, 3.63) is 0 Å². The highest BCUT2D eigenvalue weighted by molar-refractivity contribution is 5.82. The van der Waals surface area contributed by atoms with Crippen LogP contribution in [0.5, 0.6) is 0 Å². The number of carboxylic acid groups (broad SMARTS) is 1. The molecule has 1 rings (SSSR count). The van der Waals surface area contributed by atoms with E-state index in [1.54, 1.807) is 0 Å². The SMILES string of the molecule is NC(CCC(=O)O)C(=O)NCC(O)C1CC1. The second kappa shape index (κ2) is 5.81. The molecule has 2 atom stereocenters. The quantitative estimate of drug-likeness (QED) is 0.451. The number of aliphatic hydroxyl groups excluding tert-OH is 1. The number of hydrogen-bond donors (Lipinski definition) is 4. The van der Waals surface area contributed by atoms with E-state index in [0.29, 0.717) is 5.92 Å². The van der Waals surface area contributed by atoms with Gasteiger partial charge in [0.2, 0.25) is 5.91 Å². The van der Waals surface area contributed by atoms with Crippen LogP contribution in [0.3, 0.4) is 0 Å². The standard InChI is InChI=1S/C10H18N2O4/c11-7(3-4-9(14)15)10(16)12-5-8(13)6-1-2-6/h6-8,13H,1-5,11H2,(H,12,16)(H,14,15). The molecule has 1 fully saturated rings. The van der Waals surface area contributed by atoms with Gasteiger partial charge >= 0.3 is 5.97 Å². The van der Waals surface area contributed by atoms with Crippen molar-refractivity contribution in [2.75, 3.05) is 6.54 Å². The molecule has 0 aromatic heterocycles. The van der Waals surface area contributed by atoms with Crippen molar-refractivity contribution < 1.29 is 19.8 Å². The minimum atomic E-state index is -0.971. The lowest BCUT2D eigenvalue weighted by atomic mass is 10.1. The molecular formula is C10H18N2O4. The lowest BCUT2D eigenvalue weighted by Gasteiger charge is -2.14. The number of aliphatic hydroxyl groups is 1. The topological polar surface area (TPSA) is 113 Å². The lowest BCUT2D eigenvalue weighted by Crippen LogP contribution is -2.44. The van der Waals surface area contributed by atoms with Crippen molar-refractivity contribution in [3.8, 4) is 0 Å². The molecule has 6 heteroatoms. The Hall–Kier alpha value is -1.14. The molecular weight excluding hydrogens is 212 g/mol. The van der Waals surface area contributed by atoms with Gasteiger partial charge in [0, 0.05) is 13.0 Å². The van der Waals surface area contributed by atoms with Gasteiger partial charge in [0.05, 0.1) is 12.1 Å². The van der Waals surface area contributed by atoms with E-state index in [1.807, 2.05) is 0 Å². The molecule has 1 aliphatic rings. The van der Waals surface area contributed by atoms with Crippen LogP contribution >= 0.6 is 0 Å². The van der Waals surface area contributed by atoms with Crippen molar-refractivity contribution in [2.24, 2.45) is 11.7 Å². The Bertz CT molecular complexity index is 266. The first-order chi connectivity index (χ1) is 7.50. The number of carbonyl (C=O) groups excluding carboxylic acids is 1. The fraction of sp³-hybridized carbons (Fsp3) is 0.800. The van der Waals surface area contributed by atoms with Crippen molar-refractivity contribution in [1.29, 1.82) is 0 Å². The summed E-state index contributed by atoms with van der Waals surface area (Å²) in [5, 5.41) is 20.4. The third-order valence-corrected chi connectivity index (χ3v) is 2.66. The van der Waals surface area contributed by atoms with E-state index < -0.39 is 24.0 Å². The van der Waals surface area contributed by atoms with E-state index in [0.717, 1.165) is 12.8 Å². The van der Waals surface area contributed by atoms with Crippen LogP contribution in [-0.2, 0) is 9.59 Å². The maximum absolute atomic E-state index is 11.4. The van der Waals surface area contributed by atoms with Gasteiger partial charge < -0.3 is 21.3 Å².